The molecule has 116 valence electrons. The van der Waals surface area contributed by atoms with E-state index in [1.165, 1.54) is 11.8 Å². The Morgan fingerprint density at radius 1 is 1.36 bits per heavy atom. The molecule has 1 aromatic carbocycles. The van der Waals surface area contributed by atoms with E-state index in [-0.39, 0.29) is 18.1 Å². The Hall–Kier alpha value is -2.90. The number of hydrogen-bond acceptors (Lipinski definition) is 5. The highest BCUT2D eigenvalue weighted by atomic mass is 16.5. The molecule has 0 aliphatic rings. The smallest absolute Gasteiger partial charge is 0.271 e. The first-order valence-corrected chi connectivity index (χ1v) is 6.56. The molecule has 2 aromatic rings. The summed E-state index contributed by atoms with van der Waals surface area (Å²) in [6.45, 7) is 3.46. The normalized spacial score (nSPS) is 10.3. The molecule has 2 amide bonds. The van der Waals surface area contributed by atoms with Gasteiger partial charge in [-0.2, -0.15) is 0 Å². The minimum Gasteiger partial charge on any atom is -0.495 e. The van der Waals surface area contributed by atoms with Gasteiger partial charge in [0, 0.05) is 0 Å². The summed E-state index contributed by atoms with van der Waals surface area (Å²) < 4.78 is 6.52. The van der Waals surface area contributed by atoms with Crippen molar-refractivity contribution in [2.45, 2.75) is 20.4 Å². The van der Waals surface area contributed by atoms with Crippen LogP contribution in [0.2, 0.25) is 0 Å². The molecule has 3 N–H and O–H groups in total. The first-order chi connectivity index (χ1) is 10.4. The summed E-state index contributed by atoms with van der Waals surface area (Å²) in [7, 11) is 1.53. The van der Waals surface area contributed by atoms with Gasteiger partial charge >= 0.3 is 0 Å². The molecule has 0 radical (unpaired) electrons. The largest absolute Gasteiger partial charge is 0.495 e. The molecule has 8 heteroatoms. The Balaban J connectivity index is 2.14. The molecule has 0 atom stereocenters. The van der Waals surface area contributed by atoms with Gasteiger partial charge < -0.3 is 15.8 Å². The van der Waals surface area contributed by atoms with Crippen LogP contribution in [-0.2, 0) is 11.3 Å². The third-order valence-corrected chi connectivity index (χ3v) is 3.14. The number of aryl methyl sites for hydroxylation is 1. The second kappa shape index (κ2) is 6.25. The van der Waals surface area contributed by atoms with Crippen LogP contribution in [0.5, 0.6) is 5.75 Å². The minimum atomic E-state index is -0.676. The Morgan fingerprint density at radius 2 is 2.09 bits per heavy atom. The number of amides is 2. The van der Waals surface area contributed by atoms with Crippen LogP contribution >= 0.6 is 0 Å². The number of benzene rings is 1. The van der Waals surface area contributed by atoms with Crippen molar-refractivity contribution in [2.24, 2.45) is 5.73 Å². The van der Waals surface area contributed by atoms with Crippen LogP contribution in [0.15, 0.2) is 18.2 Å². The predicted molar refractivity (Wildman–Crippen MR) is 79.6 cm³/mol. The summed E-state index contributed by atoms with van der Waals surface area (Å²) >= 11 is 0. The fourth-order valence-electron chi connectivity index (χ4n) is 1.98. The van der Waals surface area contributed by atoms with Gasteiger partial charge in [0.2, 0.25) is 5.91 Å². The maximum Gasteiger partial charge on any atom is 0.271 e. The molecule has 0 aliphatic heterocycles. The lowest BCUT2D eigenvalue weighted by Gasteiger charge is -2.11. The third-order valence-electron chi connectivity index (χ3n) is 3.14. The molecule has 8 nitrogen and oxygen atoms in total. The highest BCUT2D eigenvalue weighted by molar-refractivity contribution is 5.93. The van der Waals surface area contributed by atoms with E-state index in [2.05, 4.69) is 15.6 Å². The molecule has 0 unspecified atom stereocenters. The number of carbonyl (C=O) groups excluding carboxylic acids is 2. The van der Waals surface area contributed by atoms with Crippen LogP contribution in [0.1, 0.15) is 21.7 Å². The number of anilines is 1. The maximum atomic E-state index is 12.1. The van der Waals surface area contributed by atoms with Gasteiger partial charge in [-0.05, 0) is 31.5 Å². The second-order valence-corrected chi connectivity index (χ2v) is 4.80. The van der Waals surface area contributed by atoms with E-state index in [9.17, 15) is 9.59 Å². The molecular weight excluding hydrogens is 286 g/mol. The van der Waals surface area contributed by atoms with Crippen LogP contribution in [0, 0.1) is 13.8 Å². The van der Waals surface area contributed by atoms with Crippen LogP contribution in [0.3, 0.4) is 0 Å². The van der Waals surface area contributed by atoms with Crippen LogP contribution in [0.4, 0.5) is 5.69 Å². The van der Waals surface area contributed by atoms with Crippen LogP contribution < -0.4 is 15.8 Å². The Bertz CT molecular complexity index is 723. The lowest BCUT2D eigenvalue weighted by Crippen LogP contribution is -2.21. The van der Waals surface area contributed by atoms with Crippen molar-refractivity contribution in [1.29, 1.82) is 0 Å². The van der Waals surface area contributed by atoms with Crippen molar-refractivity contribution in [2.75, 3.05) is 12.4 Å². The lowest BCUT2D eigenvalue weighted by molar-refractivity contribution is -0.117. The zero-order valence-corrected chi connectivity index (χ0v) is 12.6. The van der Waals surface area contributed by atoms with Crippen molar-refractivity contribution in [3.8, 4) is 5.75 Å². The van der Waals surface area contributed by atoms with Crippen molar-refractivity contribution in [3.63, 3.8) is 0 Å². The number of methoxy groups -OCH3 is 1. The monoisotopic (exact) mass is 303 g/mol. The number of ether oxygens (including phenoxy) is 1. The highest BCUT2D eigenvalue weighted by Gasteiger charge is 2.16. The Morgan fingerprint density at radius 3 is 2.68 bits per heavy atom. The number of nitrogens with two attached hydrogens (primary N) is 1. The van der Waals surface area contributed by atoms with Crippen LogP contribution in [0.25, 0.3) is 0 Å². The van der Waals surface area contributed by atoms with E-state index in [1.807, 2.05) is 13.0 Å². The molecule has 2 rings (SSSR count). The average molecular weight is 303 g/mol. The summed E-state index contributed by atoms with van der Waals surface area (Å²) in [4.78, 5) is 23.2. The quantitative estimate of drug-likeness (QED) is 0.841. The van der Waals surface area contributed by atoms with Crippen molar-refractivity contribution in [1.82, 2.24) is 15.0 Å². The van der Waals surface area contributed by atoms with E-state index in [1.54, 1.807) is 19.1 Å². The topological polar surface area (TPSA) is 112 Å². The van der Waals surface area contributed by atoms with Gasteiger partial charge in [-0.15, -0.1) is 5.10 Å². The molecule has 0 aliphatic carbocycles. The first kappa shape index (κ1) is 15.5. The molecule has 0 bridgehead atoms. The SMILES string of the molecule is COc1ccc(C)cc1NC(=O)Cn1nnc(C(N)=O)c1C. The number of aromatic nitrogens is 3. The summed E-state index contributed by atoms with van der Waals surface area (Å²) in [6.07, 6.45) is 0. The van der Waals surface area contributed by atoms with Crippen molar-refractivity contribution < 1.29 is 14.3 Å². The van der Waals surface area contributed by atoms with Gasteiger partial charge in [-0.25, -0.2) is 4.68 Å². The Labute approximate surface area is 127 Å². The standard InChI is InChI=1S/C14H17N5O3/c1-8-4-5-11(22-3)10(6-8)16-12(20)7-19-9(2)13(14(15)21)17-18-19/h4-6H,7H2,1-3H3,(H2,15,21)(H,16,20). The zero-order valence-electron chi connectivity index (χ0n) is 12.6. The third kappa shape index (κ3) is 3.22. The number of rotatable bonds is 5. The minimum absolute atomic E-state index is 0.0564. The van der Waals surface area contributed by atoms with E-state index in [0.29, 0.717) is 17.1 Å². The molecule has 0 spiro atoms. The number of carbonyl (C=O) groups is 2. The van der Waals surface area contributed by atoms with E-state index < -0.39 is 5.91 Å². The van der Waals surface area contributed by atoms with E-state index in [4.69, 9.17) is 10.5 Å². The molecule has 0 saturated carbocycles. The molecule has 0 saturated heterocycles. The van der Waals surface area contributed by atoms with E-state index >= 15 is 0 Å². The summed E-state index contributed by atoms with van der Waals surface area (Å²) in [5.41, 5.74) is 7.22. The fourth-order valence-corrected chi connectivity index (χ4v) is 1.98. The zero-order chi connectivity index (χ0) is 16.3. The summed E-state index contributed by atoms with van der Waals surface area (Å²) in [5, 5.41) is 10.2. The Kier molecular flexibility index (Phi) is 4.40. The van der Waals surface area contributed by atoms with Gasteiger partial charge in [0.25, 0.3) is 5.91 Å². The molecule has 22 heavy (non-hydrogen) atoms. The van der Waals surface area contributed by atoms with Gasteiger partial charge in [0.15, 0.2) is 5.69 Å². The van der Waals surface area contributed by atoms with Gasteiger partial charge in [-0.3, -0.25) is 9.59 Å². The predicted octanol–water partition coefficient (Wildman–Crippen LogP) is 0.641. The van der Waals surface area contributed by atoms with Gasteiger partial charge in [0.05, 0.1) is 18.5 Å². The van der Waals surface area contributed by atoms with Gasteiger partial charge in [-0.1, -0.05) is 11.3 Å². The number of primary amides is 1. The summed E-state index contributed by atoms with van der Waals surface area (Å²) in [5.74, 6) is -0.426. The highest BCUT2D eigenvalue weighted by Crippen LogP contribution is 2.25. The first-order valence-electron chi connectivity index (χ1n) is 6.56. The lowest BCUT2D eigenvalue weighted by atomic mass is 10.2. The number of nitrogens with one attached hydrogen (secondary N) is 1. The maximum absolute atomic E-state index is 12.1. The number of nitrogens with zero attached hydrogens (tertiary/aromatic N) is 3. The van der Waals surface area contributed by atoms with Crippen LogP contribution in [-0.4, -0.2) is 33.9 Å². The average Bonchev–Trinajstić information content (AvgIpc) is 2.80. The molecular formula is C14H17N5O3. The summed E-state index contributed by atoms with van der Waals surface area (Å²) in [6, 6.07) is 5.46. The van der Waals surface area contributed by atoms with Gasteiger partial charge in [0.1, 0.15) is 12.3 Å². The number of hydrogen-bond donors (Lipinski definition) is 2. The van der Waals surface area contributed by atoms with E-state index in [0.717, 1.165) is 5.56 Å². The van der Waals surface area contributed by atoms with Crippen molar-refractivity contribution >= 4 is 17.5 Å². The molecule has 1 aromatic heterocycles. The second-order valence-electron chi connectivity index (χ2n) is 4.80. The molecule has 0 fully saturated rings. The fraction of sp³-hybridized carbons (Fsp3) is 0.286. The molecule has 1 heterocycles. The van der Waals surface area contributed by atoms with Crippen molar-refractivity contribution in [3.05, 3.63) is 35.2 Å².